The van der Waals surface area contributed by atoms with Gasteiger partial charge in [-0.25, -0.2) is 0 Å². The summed E-state index contributed by atoms with van der Waals surface area (Å²) in [5.74, 6) is 0.299. The van der Waals surface area contributed by atoms with E-state index in [0.29, 0.717) is 12.2 Å². The summed E-state index contributed by atoms with van der Waals surface area (Å²) in [5.41, 5.74) is 1.79. The van der Waals surface area contributed by atoms with Crippen LogP contribution in [0.4, 0.5) is 0 Å². The molecule has 1 unspecified atom stereocenters. The Bertz CT molecular complexity index is 793. The number of amides is 2. The molecule has 0 bridgehead atoms. The van der Waals surface area contributed by atoms with Gasteiger partial charge in [-0.3, -0.25) is 14.5 Å². The SMILES string of the molecule is CCOc1ccc(C(=O)NCC(=O)NC2CCCN(Cc3ccccc3)C2)cc1. The maximum Gasteiger partial charge on any atom is 0.251 e. The highest BCUT2D eigenvalue weighted by Gasteiger charge is 2.21. The van der Waals surface area contributed by atoms with Crippen molar-refractivity contribution < 1.29 is 14.3 Å². The molecule has 2 amide bonds. The summed E-state index contributed by atoms with van der Waals surface area (Å²) < 4.78 is 5.37. The minimum absolute atomic E-state index is 0.0266. The number of rotatable bonds is 8. The monoisotopic (exact) mass is 395 g/mol. The number of benzene rings is 2. The summed E-state index contributed by atoms with van der Waals surface area (Å²) in [6, 6.07) is 17.4. The molecule has 1 aliphatic rings. The number of hydrogen-bond acceptors (Lipinski definition) is 4. The van der Waals surface area contributed by atoms with E-state index in [9.17, 15) is 9.59 Å². The number of piperidine rings is 1. The zero-order valence-electron chi connectivity index (χ0n) is 16.9. The largest absolute Gasteiger partial charge is 0.494 e. The zero-order valence-corrected chi connectivity index (χ0v) is 16.9. The van der Waals surface area contributed by atoms with Gasteiger partial charge in [0, 0.05) is 24.7 Å². The van der Waals surface area contributed by atoms with Crippen LogP contribution in [0.25, 0.3) is 0 Å². The molecule has 2 aromatic rings. The molecule has 6 heteroatoms. The van der Waals surface area contributed by atoms with E-state index in [-0.39, 0.29) is 24.4 Å². The molecule has 0 radical (unpaired) electrons. The number of carbonyl (C=O) groups is 2. The first-order chi connectivity index (χ1) is 14.1. The van der Waals surface area contributed by atoms with Gasteiger partial charge in [0.15, 0.2) is 0 Å². The molecule has 29 heavy (non-hydrogen) atoms. The Morgan fingerprint density at radius 1 is 1.10 bits per heavy atom. The van der Waals surface area contributed by atoms with Gasteiger partial charge in [0.1, 0.15) is 5.75 Å². The molecule has 0 saturated carbocycles. The highest BCUT2D eigenvalue weighted by atomic mass is 16.5. The Balaban J connectivity index is 1.42. The molecule has 3 rings (SSSR count). The Labute approximate surface area is 172 Å². The first-order valence-electron chi connectivity index (χ1n) is 10.2. The summed E-state index contributed by atoms with van der Waals surface area (Å²) in [7, 11) is 0. The smallest absolute Gasteiger partial charge is 0.251 e. The van der Waals surface area contributed by atoms with Crippen molar-refractivity contribution in [2.45, 2.75) is 32.4 Å². The van der Waals surface area contributed by atoms with Crippen LogP contribution in [0.1, 0.15) is 35.7 Å². The van der Waals surface area contributed by atoms with Crippen molar-refractivity contribution in [3.63, 3.8) is 0 Å². The lowest BCUT2D eigenvalue weighted by atomic mass is 10.0. The van der Waals surface area contributed by atoms with Crippen LogP contribution in [0.2, 0.25) is 0 Å². The summed E-state index contributed by atoms with van der Waals surface area (Å²) in [6.07, 6.45) is 2.01. The Morgan fingerprint density at radius 2 is 1.86 bits per heavy atom. The molecule has 1 aliphatic heterocycles. The number of hydrogen-bond donors (Lipinski definition) is 2. The van der Waals surface area contributed by atoms with E-state index in [1.54, 1.807) is 24.3 Å². The van der Waals surface area contributed by atoms with Gasteiger partial charge in [-0.1, -0.05) is 30.3 Å². The molecule has 0 spiro atoms. The van der Waals surface area contributed by atoms with Crippen LogP contribution >= 0.6 is 0 Å². The minimum atomic E-state index is -0.266. The number of carbonyl (C=O) groups excluding carboxylic acids is 2. The van der Waals surface area contributed by atoms with E-state index < -0.39 is 0 Å². The number of ether oxygens (including phenoxy) is 1. The number of likely N-dealkylation sites (tertiary alicyclic amines) is 1. The van der Waals surface area contributed by atoms with E-state index in [2.05, 4.69) is 27.7 Å². The van der Waals surface area contributed by atoms with E-state index in [4.69, 9.17) is 4.74 Å². The average molecular weight is 396 g/mol. The van der Waals surface area contributed by atoms with Crippen molar-refractivity contribution in [2.24, 2.45) is 0 Å². The minimum Gasteiger partial charge on any atom is -0.494 e. The Morgan fingerprint density at radius 3 is 2.59 bits per heavy atom. The Hall–Kier alpha value is -2.86. The summed E-state index contributed by atoms with van der Waals surface area (Å²) in [6.45, 7) is 5.22. The van der Waals surface area contributed by atoms with E-state index in [1.165, 1.54) is 5.56 Å². The molecule has 2 N–H and O–H groups in total. The third-order valence-corrected chi connectivity index (χ3v) is 4.96. The normalized spacial score (nSPS) is 16.8. The predicted molar refractivity (Wildman–Crippen MR) is 113 cm³/mol. The second-order valence-corrected chi connectivity index (χ2v) is 7.27. The van der Waals surface area contributed by atoms with Gasteiger partial charge in [0.2, 0.25) is 5.91 Å². The van der Waals surface area contributed by atoms with Crippen LogP contribution in [-0.4, -0.2) is 49.0 Å². The van der Waals surface area contributed by atoms with Crippen molar-refractivity contribution in [1.82, 2.24) is 15.5 Å². The highest BCUT2D eigenvalue weighted by molar-refractivity contribution is 5.96. The second-order valence-electron chi connectivity index (χ2n) is 7.27. The average Bonchev–Trinajstić information content (AvgIpc) is 2.74. The fourth-order valence-corrected chi connectivity index (χ4v) is 3.57. The second kappa shape index (κ2) is 10.6. The van der Waals surface area contributed by atoms with Crippen molar-refractivity contribution in [2.75, 3.05) is 26.2 Å². The van der Waals surface area contributed by atoms with Gasteiger partial charge in [-0.2, -0.15) is 0 Å². The van der Waals surface area contributed by atoms with Gasteiger partial charge in [0.25, 0.3) is 5.91 Å². The van der Waals surface area contributed by atoms with Crippen molar-refractivity contribution in [3.8, 4) is 5.75 Å². The third-order valence-electron chi connectivity index (χ3n) is 4.96. The quantitative estimate of drug-likeness (QED) is 0.721. The first kappa shape index (κ1) is 20.9. The lowest BCUT2D eigenvalue weighted by molar-refractivity contribution is -0.121. The lowest BCUT2D eigenvalue weighted by Crippen LogP contribution is -2.49. The van der Waals surface area contributed by atoms with Crippen LogP contribution in [0.3, 0.4) is 0 Å². The molecule has 0 aromatic heterocycles. The molecule has 1 heterocycles. The number of nitrogens with one attached hydrogen (secondary N) is 2. The fraction of sp³-hybridized carbons (Fsp3) is 0.391. The molecule has 1 saturated heterocycles. The summed E-state index contributed by atoms with van der Waals surface area (Å²) >= 11 is 0. The van der Waals surface area contributed by atoms with Crippen LogP contribution in [0.5, 0.6) is 5.75 Å². The van der Waals surface area contributed by atoms with Gasteiger partial charge < -0.3 is 15.4 Å². The van der Waals surface area contributed by atoms with Gasteiger partial charge in [0.05, 0.1) is 13.2 Å². The molecule has 0 aliphatic carbocycles. The van der Waals surface area contributed by atoms with Crippen LogP contribution in [0, 0.1) is 0 Å². The van der Waals surface area contributed by atoms with E-state index in [1.807, 2.05) is 25.1 Å². The molecule has 1 atom stereocenters. The highest BCUT2D eigenvalue weighted by Crippen LogP contribution is 2.14. The van der Waals surface area contributed by atoms with Crippen LogP contribution in [-0.2, 0) is 11.3 Å². The first-order valence-corrected chi connectivity index (χ1v) is 10.2. The molecule has 6 nitrogen and oxygen atoms in total. The number of nitrogens with zero attached hydrogens (tertiary/aromatic N) is 1. The molecular formula is C23H29N3O3. The van der Waals surface area contributed by atoms with Crippen LogP contribution < -0.4 is 15.4 Å². The zero-order chi connectivity index (χ0) is 20.5. The molecule has 2 aromatic carbocycles. The Kier molecular flexibility index (Phi) is 7.64. The maximum atomic E-state index is 12.3. The standard InChI is InChI=1S/C23H29N3O3/c1-2-29-21-12-10-19(11-13-21)23(28)24-15-22(27)25-20-9-6-14-26(17-20)16-18-7-4-3-5-8-18/h3-5,7-8,10-13,20H,2,6,9,14-17H2,1H3,(H,24,28)(H,25,27). The van der Waals surface area contributed by atoms with Crippen LogP contribution in [0.15, 0.2) is 54.6 Å². The maximum absolute atomic E-state index is 12.3. The van der Waals surface area contributed by atoms with Gasteiger partial charge in [-0.15, -0.1) is 0 Å². The van der Waals surface area contributed by atoms with Gasteiger partial charge in [-0.05, 0) is 56.1 Å². The molecule has 1 fully saturated rings. The van der Waals surface area contributed by atoms with Crippen molar-refractivity contribution in [3.05, 3.63) is 65.7 Å². The molecule has 154 valence electrons. The van der Waals surface area contributed by atoms with Crippen molar-refractivity contribution >= 4 is 11.8 Å². The van der Waals surface area contributed by atoms with E-state index in [0.717, 1.165) is 38.2 Å². The summed E-state index contributed by atoms with van der Waals surface area (Å²) in [4.78, 5) is 26.9. The van der Waals surface area contributed by atoms with Gasteiger partial charge >= 0.3 is 0 Å². The molecular weight excluding hydrogens is 366 g/mol. The lowest BCUT2D eigenvalue weighted by Gasteiger charge is -2.33. The predicted octanol–water partition coefficient (Wildman–Crippen LogP) is 2.60. The topological polar surface area (TPSA) is 70.7 Å². The fourth-order valence-electron chi connectivity index (χ4n) is 3.57. The summed E-state index contributed by atoms with van der Waals surface area (Å²) in [5, 5.41) is 5.74. The third kappa shape index (κ3) is 6.61. The van der Waals surface area contributed by atoms with E-state index >= 15 is 0 Å². The van der Waals surface area contributed by atoms with Crippen molar-refractivity contribution in [1.29, 1.82) is 0 Å².